The van der Waals surface area contributed by atoms with Gasteiger partial charge in [0.05, 0.1) is 6.04 Å². The lowest BCUT2D eigenvalue weighted by Crippen LogP contribution is -2.10. The average molecular weight is 377 g/mol. The highest BCUT2D eigenvalue weighted by molar-refractivity contribution is 5.68. The van der Waals surface area contributed by atoms with Gasteiger partial charge in [0, 0.05) is 11.8 Å². The SMILES string of the molecule is O=C(O)COc1cccc(N[C@H]2CCc3ccc(-c4cccc(F)c4)cc32)c1. The van der Waals surface area contributed by atoms with Crippen LogP contribution in [-0.4, -0.2) is 17.7 Å². The molecule has 0 radical (unpaired) electrons. The number of fused-ring (bicyclic) bond motifs is 1. The number of carboxylic acids is 1. The van der Waals surface area contributed by atoms with Gasteiger partial charge in [-0.25, -0.2) is 9.18 Å². The minimum Gasteiger partial charge on any atom is -0.482 e. The first-order valence-electron chi connectivity index (χ1n) is 9.18. The highest BCUT2D eigenvalue weighted by Gasteiger charge is 2.23. The minimum absolute atomic E-state index is 0.137. The molecule has 1 aliphatic carbocycles. The number of halogens is 1. The molecule has 2 N–H and O–H groups in total. The van der Waals surface area contributed by atoms with Crippen molar-refractivity contribution in [3.05, 3.63) is 83.7 Å². The van der Waals surface area contributed by atoms with Crippen LogP contribution < -0.4 is 10.1 Å². The summed E-state index contributed by atoms with van der Waals surface area (Å²) >= 11 is 0. The van der Waals surface area contributed by atoms with E-state index in [9.17, 15) is 9.18 Å². The van der Waals surface area contributed by atoms with Gasteiger partial charge in [0.15, 0.2) is 6.61 Å². The number of benzene rings is 3. The maximum atomic E-state index is 13.6. The third-order valence-corrected chi connectivity index (χ3v) is 4.92. The maximum absolute atomic E-state index is 13.6. The number of anilines is 1. The highest BCUT2D eigenvalue weighted by atomic mass is 19.1. The Morgan fingerprint density at radius 2 is 1.89 bits per heavy atom. The van der Waals surface area contributed by atoms with Crippen molar-refractivity contribution in [3.8, 4) is 16.9 Å². The second-order valence-corrected chi connectivity index (χ2v) is 6.87. The van der Waals surface area contributed by atoms with Crippen molar-refractivity contribution < 1.29 is 19.0 Å². The normalized spacial score (nSPS) is 15.1. The smallest absolute Gasteiger partial charge is 0.341 e. The summed E-state index contributed by atoms with van der Waals surface area (Å²) in [7, 11) is 0. The van der Waals surface area contributed by atoms with Crippen molar-refractivity contribution in [2.24, 2.45) is 0 Å². The second-order valence-electron chi connectivity index (χ2n) is 6.87. The lowest BCUT2D eigenvalue weighted by atomic mass is 9.99. The van der Waals surface area contributed by atoms with Gasteiger partial charge < -0.3 is 15.2 Å². The number of aryl methyl sites for hydroxylation is 1. The molecule has 4 rings (SSSR count). The fourth-order valence-electron chi connectivity index (χ4n) is 3.62. The van der Waals surface area contributed by atoms with E-state index in [1.54, 1.807) is 24.3 Å². The van der Waals surface area contributed by atoms with E-state index < -0.39 is 5.97 Å². The number of hydrogen-bond donors (Lipinski definition) is 2. The van der Waals surface area contributed by atoms with Crippen molar-refractivity contribution in [3.63, 3.8) is 0 Å². The third kappa shape index (κ3) is 3.98. The molecule has 0 aromatic heterocycles. The van der Waals surface area contributed by atoms with E-state index >= 15 is 0 Å². The molecule has 0 heterocycles. The quantitative estimate of drug-likeness (QED) is 0.631. The Morgan fingerprint density at radius 1 is 1.07 bits per heavy atom. The Labute approximate surface area is 162 Å². The van der Waals surface area contributed by atoms with Crippen LogP contribution in [0.25, 0.3) is 11.1 Å². The fraction of sp³-hybridized carbons (Fsp3) is 0.174. The molecule has 0 saturated carbocycles. The molecule has 0 saturated heterocycles. The number of hydrogen-bond acceptors (Lipinski definition) is 3. The zero-order chi connectivity index (χ0) is 19.5. The number of aliphatic carboxylic acids is 1. The van der Waals surface area contributed by atoms with Gasteiger partial charge in [0.2, 0.25) is 0 Å². The van der Waals surface area contributed by atoms with Crippen molar-refractivity contribution in [1.29, 1.82) is 0 Å². The van der Waals surface area contributed by atoms with Crippen LogP contribution in [0.15, 0.2) is 66.7 Å². The topological polar surface area (TPSA) is 58.6 Å². The van der Waals surface area contributed by atoms with Crippen LogP contribution in [0, 0.1) is 5.82 Å². The molecule has 0 unspecified atom stereocenters. The van der Waals surface area contributed by atoms with Gasteiger partial charge in [0.1, 0.15) is 11.6 Å². The number of ether oxygens (including phenoxy) is 1. The van der Waals surface area contributed by atoms with Crippen molar-refractivity contribution in [2.45, 2.75) is 18.9 Å². The fourth-order valence-corrected chi connectivity index (χ4v) is 3.62. The Hall–Kier alpha value is -3.34. The molecule has 1 atom stereocenters. The van der Waals surface area contributed by atoms with Gasteiger partial charge in [-0.3, -0.25) is 0 Å². The average Bonchev–Trinajstić information content (AvgIpc) is 3.09. The number of carbonyl (C=O) groups is 1. The van der Waals surface area contributed by atoms with E-state index in [1.807, 2.05) is 24.3 Å². The number of nitrogens with one attached hydrogen (secondary N) is 1. The highest BCUT2D eigenvalue weighted by Crippen LogP contribution is 2.37. The summed E-state index contributed by atoms with van der Waals surface area (Å²) in [5.74, 6) is -0.738. The molecule has 142 valence electrons. The monoisotopic (exact) mass is 377 g/mol. The lowest BCUT2D eigenvalue weighted by Gasteiger charge is -2.17. The largest absolute Gasteiger partial charge is 0.482 e. The molecule has 1 aliphatic rings. The molecular formula is C23H20FNO3. The first kappa shape index (κ1) is 18.0. The molecule has 0 aliphatic heterocycles. The number of carboxylic acid groups (broad SMARTS) is 1. The summed E-state index contributed by atoms with van der Waals surface area (Å²) in [6.07, 6.45) is 1.94. The second kappa shape index (κ2) is 7.72. The zero-order valence-electron chi connectivity index (χ0n) is 15.2. The van der Waals surface area contributed by atoms with Crippen molar-refractivity contribution in [1.82, 2.24) is 0 Å². The van der Waals surface area contributed by atoms with E-state index in [1.165, 1.54) is 17.2 Å². The summed E-state index contributed by atoms with van der Waals surface area (Å²) in [6.45, 7) is -0.368. The maximum Gasteiger partial charge on any atom is 0.341 e. The predicted octanol–water partition coefficient (Wildman–Crippen LogP) is 5.06. The van der Waals surface area contributed by atoms with Crippen molar-refractivity contribution in [2.75, 3.05) is 11.9 Å². The van der Waals surface area contributed by atoms with E-state index in [0.29, 0.717) is 5.75 Å². The summed E-state index contributed by atoms with van der Waals surface area (Å²) in [6, 6.07) is 20.3. The van der Waals surface area contributed by atoms with Gasteiger partial charge in [-0.05, 0) is 65.4 Å². The number of rotatable bonds is 6. The first-order chi connectivity index (χ1) is 13.6. The molecule has 0 amide bonds. The van der Waals surface area contributed by atoms with Crippen LogP contribution in [-0.2, 0) is 11.2 Å². The summed E-state index contributed by atoms with van der Waals surface area (Å²) in [5.41, 5.74) is 5.22. The van der Waals surface area contributed by atoms with Gasteiger partial charge in [-0.15, -0.1) is 0 Å². The lowest BCUT2D eigenvalue weighted by molar-refractivity contribution is -0.139. The molecular weight excluding hydrogens is 357 g/mol. The van der Waals surface area contributed by atoms with Gasteiger partial charge in [-0.1, -0.05) is 30.3 Å². The molecule has 5 heteroatoms. The minimum atomic E-state index is -1.01. The Morgan fingerprint density at radius 3 is 2.71 bits per heavy atom. The standard InChI is InChI=1S/C23H20FNO3/c24-18-4-1-3-16(11-18)17-8-7-15-9-10-22(21(15)12-17)25-19-5-2-6-20(13-19)28-14-23(26)27/h1-8,11-13,22,25H,9-10,14H2,(H,26,27)/t22-/m0/s1. The van der Waals surface area contributed by atoms with Crippen LogP contribution in [0.3, 0.4) is 0 Å². The summed E-state index contributed by atoms with van der Waals surface area (Å²) in [5, 5.41) is 12.3. The molecule has 0 fully saturated rings. The van der Waals surface area contributed by atoms with Crippen molar-refractivity contribution >= 4 is 11.7 Å². The van der Waals surface area contributed by atoms with Crippen LogP contribution in [0.2, 0.25) is 0 Å². The molecule has 3 aromatic carbocycles. The molecule has 0 bridgehead atoms. The van der Waals surface area contributed by atoms with Gasteiger partial charge >= 0.3 is 5.97 Å². The predicted molar refractivity (Wildman–Crippen MR) is 106 cm³/mol. The van der Waals surface area contributed by atoms with Gasteiger partial charge in [0.25, 0.3) is 0 Å². The molecule has 28 heavy (non-hydrogen) atoms. The van der Waals surface area contributed by atoms with E-state index in [4.69, 9.17) is 9.84 Å². The van der Waals surface area contributed by atoms with Crippen LogP contribution in [0.1, 0.15) is 23.6 Å². The first-order valence-corrected chi connectivity index (χ1v) is 9.18. The molecule has 4 nitrogen and oxygen atoms in total. The van der Waals surface area contributed by atoms with Crippen LogP contribution >= 0.6 is 0 Å². The van der Waals surface area contributed by atoms with Crippen LogP contribution in [0.4, 0.5) is 10.1 Å². The Kier molecular flexibility index (Phi) is 4.98. The molecule has 3 aromatic rings. The summed E-state index contributed by atoms with van der Waals surface area (Å²) in [4.78, 5) is 10.7. The van der Waals surface area contributed by atoms with E-state index in [0.717, 1.165) is 29.7 Å². The van der Waals surface area contributed by atoms with E-state index in [2.05, 4.69) is 17.4 Å². The molecule has 0 spiro atoms. The zero-order valence-corrected chi connectivity index (χ0v) is 15.2. The van der Waals surface area contributed by atoms with Crippen LogP contribution in [0.5, 0.6) is 5.75 Å². The van der Waals surface area contributed by atoms with Gasteiger partial charge in [-0.2, -0.15) is 0 Å². The van der Waals surface area contributed by atoms with E-state index in [-0.39, 0.29) is 18.5 Å². The Balaban J connectivity index is 1.55. The Bertz CT molecular complexity index is 1020. The summed E-state index contributed by atoms with van der Waals surface area (Å²) < 4.78 is 18.8. The third-order valence-electron chi connectivity index (χ3n) is 4.92.